The molecule has 3 aromatic heterocycles. The molecule has 4 N–H and O–H groups in total. The number of ether oxygens (including phenoxy) is 1. The lowest BCUT2D eigenvalue weighted by Gasteiger charge is -2.27. The maximum atomic E-state index is 6.04. The van der Waals surface area contributed by atoms with E-state index in [-0.39, 0.29) is 11.7 Å². The third-order valence-electron chi connectivity index (χ3n) is 5.45. The topological polar surface area (TPSA) is 120 Å². The first-order valence-electron chi connectivity index (χ1n) is 9.69. The van der Waals surface area contributed by atoms with Crippen LogP contribution in [0.2, 0.25) is 0 Å². The van der Waals surface area contributed by atoms with E-state index in [1.165, 1.54) is 16.7 Å². The molecule has 9 heteroatoms. The summed E-state index contributed by atoms with van der Waals surface area (Å²) in [6, 6.07) is 4.62. The smallest absolute Gasteiger partial charge is 0.308 e. The standard InChI is InChI=1S/C21H22N8O/c1-12-7-13(8-14-11-28(2)5-3-15(12)14)16-9-25-19(23)20(27-16)30-21-26-10-17-18(22)24-4-6-29(17)21/h4,6-10H,3,5,11H2,1-2H3,(H2,22,24)(H2,23,25). The molecule has 0 spiro atoms. The normalized spacial score (nSPS) is 14.1. The van der Waals surface area contributed by atoms with Crippen LogP contribution in [0.15, 0.2) is 36.9 Å². The first-order valence-corrected chi connectivity index (χ1v) is 9.69. The van der Waals surface area contributed by atoms with Crippen LogP contribution in [-0.2, 0) is 13.0 Å². The third kappa shape index (κ3) is 3.09. The number of aryl methyl sites for hydroxylation is 1. The van der Waals surface area contributed by atoms with Gasteiger partial charge in [0.1, 0.15) is 11.3 Å². The summed E-state index contributed by atoms with van der Waals surface area (Å²) in [5.74, 6) is 0.747. The van der Waals surface area contributed by atoms with Crippen molar-refractivity contribution in [2.75, 3.05) is 25.1 Å². The molecule has 5 rings (SSSR count). The zero-order valence-corrected chi connectivity index (χ0v) is 16.8. The number of fused-ring (bicyclic) bond motifs is 2. The monoisotopic (exact) mass is 402 g/mol. The summed E-state index contributed by atoms with van der Waals surface area (Å²) < 4.78 is 7.59. The molecule has 0 bridgehead atoms. The van der Waals surface area contributed by atoms with Crippen molar-refractivity contribution < 1.29 is 4.74 Å². The highest BCUT2D eigenvalue weighted by Crippen LogP contribution is 2.31. The van der Waals surface area contributed by atoms with Gasteiger partial charge in [-0.15, -0.1) is 0 Å². The zero-order chi connectivity index (χ0) is 20.8. The minimum absolute atomic E-state index is 0.187. The number of likely N-dealkylation sites (N-methyl/N-ethyl adjacent to an activating group) is 1. The van der Waals surface area contributed by atoms with Crippen LogP contribution in [-0.4, -0.2) is 42.8 Å². The zero-order valence-electron chi connectivity index (χ0n) is 16.8. The van der Waals surface area contributed by atoms with Crippen molar-refractivity contribution in [3.8, 4) is 23.1 Å². The van der Waals surface area contributed by atoms with Gasteiger partial charge in [-0.05, 0) is 49.2 Å². The Balaban J connectivity index is 1.53. The second kappa shape index (κ2) is 6.96. The van der Waals surface area contributed by atoms with Gasteiger partial charge in [0.15, 0.2) is 5.82 Å². The number of aromatic nitrogens is 5. The van der Waals surface area contributed by atoms with E-state index in [1.807, 2.05) is 0 Å². The second-order valence-electron chi connectivity index (χ2n) is 7.57. The lowest BCUT2D eigenvalue weighted by Crippen LogP contribution is -2.27. The number of hydrogen-bond acceptors (Lipinski definition) is 8. The van der Waals surface area contributed by atoms with Gasteiger partial charge in [-0.1, -0.05) is 0 Å². The van der Waals surface area contributed by atoms with Crippen molar-refractivity contribution >= 4 is 17.2 Å². The van der Waals surface area contributed by atoms with Crippen LogP contribution < -0.4 is 16.2 Å². The average Bonchev–Trinajstić information content (AvgIpc) is 3.13. The van der Waals surface area contributed by atoms with Crippen molar-refractivity contribution in [1.29, 1.82) is 0 Å². The van der Waals surface area contributed by atoms with Gasteiger partial charge in [0.2, 0.25) is 0 Å². The highest BCUT2D eigenvalue weighted by Gasteiger charge is 2.18. The van der Waals surface area contributed by atoms with Gasteiger partial charge in [0, 0.05) is 31.0 Å². The highest BCUT2D eigenvalue weighted by atomic mass is 16.5. The molecule has 4 aromatic rings. The van der Waals surface area contributed by atoms with Crippen LogP contribution in [0.3, 0.4) is 0 Å². The van der Waals surface area contributed by atoms with Crippen molar-refractivity contribution in [1.82, 2.24) is 29.2 Å². The van der Waals surface area contributed by atoms with Crippen LogP contribution in [0, 0.1) is 6.92 Å². The summed E-state index contributed by atoms with van der Waals surface area (Å²) in [5, 5.41) is 0. The summed E-state index contributed by atoms with van der Waals surface area (Å²) >= 11 is 0. The summed E-state index contributed by atoms with van der Waals surface area (Å²) in [4.78, 5) is 19.6. The van der Waals surface area contributed by atoms with E-state index in [0.717, 1.165) is 25.1 Å². The minimum atomic E-state index is 0.187. The fraction of sp³-hybridized carbons (Fsp3) is 0.238. The van der Waals surface area contributed by atoms with Gasteiger partial charge in [-0.3, -0.25) is 4.40 Å². The molecule has 0 atom stereocenters. The van der Waals surface area contributed by atoms with E-state index in [9.17, 15) is 0 Å². The number of rotatable bonds is 3. The molecule has 1 aliphatic heterocycles. The third-order valence-corrected chi connectivity index (χ3v) is 5.45. The van der Waals surface area contributed by atoms with Crippen molar-refractivity contribution in [3.05, 3.63) is 53.6 Å². The lowest BCUT2D eigenvalue weighted by molar-refractivity contribution is 0.312. The molecule has 1 aliphatic rings. The van der Waals surface area contributed by atoms with Crippen molar-refractivity contribution in [3.63, 3.8) is 0 Å². The fourth-order valence-electron chi connectivity index (χ4n) is 3.89. The number of nitrogens with zero attached hydrogens (tertiary/aromatic N) is 6. The van der Waals surface area contributed by atoms with E-state index < -0.39 is 0 Å². The Morgan fingerprint density at radius 3 is 2.80 bits per heavy atom. The molecule has 1 aromatic carbocycles. The van der Waals surface area contributed by atoms with E-state index >= 15 is 0 Å². The first-order chi connectivity index (χ1) is 14.5. The van der Waals surface area contributed by atoms with Gasteiger partial charge < -0.3 is 21.1 Å². The van der Waals surface area contributed by atoms with Crippen molar-refractivity contribution in [2.45, 2.75) is 19.9 Å². The molecule has 0 saturated carbocycles. The summed E-state index contributed by atoms with van der Waals surface area (Å²) in [6.45, 7) is 4.14. The molecule has 4 heterocycles. The number of imidazole rings is 1. The molecule has 0 amide bonds. The van der Waals surface area contributed by atoms with Crippen LogP contribution in [0.1, 0.15) is 16.7 Å². The molecular formula is C21H22N8O. The van der Waals surface area contributed by atoms with Crippen LogP contribution >= 0.6 is 0 Å². The molecule has 0 saturated heterocycles. The van der Waals surface area contributed by atoms with Crippen LogP contribution in [0.4, 0.5) is 11.6 Å². The second-order valence-corrected chi connectivity index (χ2v) is 7.57. The Hall–Kier alpha value is -3.72. The van der Waals surface area contributed by atoms with E-state index in [2.05, 4.69) is 50.9 Å². The van der Waals surface area contributed by atoms with Gasteiger partial charge in [-0.2, -0.15) is 0 Å². The van der Waals surface area contributed by atoms with E-state index in [1.54, 1.807) is 29.2 Å². The summed E-state index contributed by atoms with van der Waals surface area (Å²) in [6.07, 6.45) is 7.61. The molecule has 0 fully saturated rings. The number of anilines is 2. The Morgan fingerprint density at radius 1 is 1.07 bits per heavy atom. The molecule has 152 valence electrons. The minimum Gasteiger partial charge on any atom is -0.402 e. The Labute approximate surface area is 173 Å². The molecule has 30 heavy (non-hydrogen) atoms. The van der Waals surface area contributed by atoms with E-state index in [0.29, 0.717) is 23.0 Å². The van der Waals surface area contributed by atoms with Crippen molar-refractivity contribution in [2.24, 2.45) is 0 Å². The predicted octanol–water partition coefficient (Wildman–Crippen LogP) is 2.44. The SMILES string of the molecule is Cc1cc(-c2cnc(N)c(Oc3ncc4c(N)nccn34)n2)cc2c1CCN(C)C2. The van der Waals surface area contributed by atoms with Gasteiger partial charge >= 0.3 is 6.01 Å². The maximum absolute atomic E-state index is 6.04. The van der Waals surface area contributed by atoms with Gasteiger partial charge in [0.25, 0.3) is 5.88 Å². The van der Waals surface area contributed by atoms with E-state index in [4.69, 9.17) is 16.2 Å². The van der Waals surface area contributed by atoms with Gasteiger partial charge in [0.05, 0.1) is 18.1 Å². The largest absolute Gasteiger partial charge is 0.402 e. The predicted molar refractivity (Wildman–Crippen MR) is 114 cm³/mol. The molecule has 0 unspecified atom stereocenters. The number of nitrogens with two attached hydrogens (primary N) is 2. The fourth-order valence-corrected chi connectivity index (χ4v) is 3.89. The molecule has 0 radical (unpaired) electrons. The number of benzene rings is 1. The Bertz CT molecular complexity index is 1270. The molecule has 9 nitrogen and oxygen atoms in total. The average molecular weight is 402 g/mol. The van der Waals surface area contributed by atoms with Crippen LogP contribution in [0.5, 0.6) is 11.9 Å². The molecule has 0 aliphatic carbocycles. The van der Waals surface area contributed by atoms with Gasteiger partial charge in [-0.25, -0.2) is 19.9 Å². The van der Waals surface area contributed by atoms with Crippen LogP contribution in [0.25, 0.3) is 16.8 Å². The number of nitrogen functional groups attached to an aromatic ring is 2. The maximum Gasteiger partial charge on any atom is 0.308 e. The molecular weight excluding hydrogens is 380 g/mol. The first kappa shape index (κ1) is 18.3. The summed E-state index contributed by atoms with van der Waals surface area (Å²) in [5.41, 5.74) is 18.3. The Morgan fingerprint density at radius 2 is 1.93 bits per heavy atom. The quantitative estimate of drug-likeness (QED) is 0.536. The highest BCUT2D eigenvalue weighted by molar-refractivity contribution is 5.66. The number of hydrogen-bond donors (Lipinski definition) is 2. The Kier molecular flexibility index (Phi) is 4.25. The lowest BCUT2D eigenvalue weighted by atomic mass is 9.92. The summed E-state index contributed by atoms with van der Waals surface area (Å²) in [7, 11) is 2.14.